The van der Waals surface area contributed by atoms with Crippen molar-refractivity contribution in [3.63, 3.8) is 0 Å². The number of anilines is 1. The molecule has 0 fully saturated rings. The highest BCUT2D eigenvalue weighted by atomic mass is 79.9. The van der Waals surface area contributed by atoms with E-state index in [-0.39, 0.29) is 11.9 Å². The minimum Gasteiger partial charge on any atom is -0.378 e. The van der Waals surface area contributed by atoms with E-state index in [1.54, 1.807) is 12.1 Å². The van der Waals surface area contributed by atoms with Crippen LogP contribution in [-0.2, 0) is 0 Å². The van der Waals surface area contributed by atoms with Gasteiger partial charge in [-0.3, -0.25) is 0 Å². The molecule has 0 bridgehead atoms. The van der Waals surface area contributed by atoms with Gasteiger partial charge in [0.25, 0.3) is 0 Å². The van der Waals surface area contributed by atoms with Crippen LogP contribution in [0.15, 0.2) is 53.0 Å². The molecule has 1 atom stereocenters. The highest BCUT2D eigenvalue weighted by molar-refractivity contribution is 9.10. The summed E-state index contributed by atoms with van der Waals surface area (Å²) in [6, 6.07) is 15.5. The van der Waals surface area contributed by atoms with Crippen LogP contribution in [-0.4, -0.2) is 0 Å². The second kappa shape index (κ2) is 6.01. The predicted molar refractivity (Wildman–Crippen MR) is 77.2 cm³/mol. The lowest BCUT2D eigenvalue weighted by molar-refractivity contribution is 0.621. The van der Waals surface area contributed by atoms with Crippen LogP contribution in [0.4, 0.5) is 10.1 Å². The normalized spacial score (nSPS) is 12.2. The summed E-state index contributed by atoms with van der Waals surface area (Å²) in [7, 11) is 0. The van der Waals surface area contributed by atoms with Crippen LogP contribution in [0.3, 0.4) is 0 Å². The zero-order valence-electron chi connectivity index (χ0n) is 10.2. The Kier molecular flexibility index (Phi) is 4.37. The SMILES string of the molecule is CCC(Nc1ccc(F)c(Br)c1)c1ccccc1. The summed E-state index contributed by atoms with van der Waals surface area (Å²) in [6.45, 7) is 2.13. The molecule has 0 aliphatic heterocycles. The van der Waals surface area contributed by atoms with Crippen molar-refractivity contribution in [2.75, 3.05) is 5.32 Å². The Morgan fingerprint density at radius 2 is 1.89 bits per heavy atom. The number of rotatable bonds is 4. The largest absolute Gasteiger partial charge is 0.378 e. The van der Waals surface area contributed by atoms with Crippen LogP contribution >= 0.6 is 15.9 Å². The zero-order chi connectivity index (χ0) is 13.0. The molecule has 1 nitrogen and oxygen atoms in total. The first-order valence-corrected chi connectivity index (χ1v) is 6.76. The first-order chi connectivity index (χ1) is 8.70. The summed E-state index contributed by atoms with van der Waals surface area (Å²) in [6.07, 6.45) is 0.971. The lowest BCUT2D eigenvalue weighted by atomic mass is 10.0. The Hall–Kier alpha value is -1.35. The summed E-state index contributed by atoms with van der Waals surface area (Å²) in [5, 5.41) is 3.42. The first-order valence-electron chi connectivity index (χ1n) is 5.97. The maximum absolute atomic E-state index is 13.2. The van der Waals surface area contributed by atoms with Crippen LogP contribution in [0.5, 0.6) is 0 Å². The topological polar surface area (TPSA) is 12.0 Å². The van der Waals surface area contributed by atoms with E-state index in [0.29, 0.717) is 4.47 Å². The third-order valence-electron chi connectivity index (χ3n) is 2.87. The minimum atomic E-state index is -0.242. The fourth-order valence-electron chi connectivity index (χ4n) is 1.89. The van der Waals surface area contributed by atoms with Gasteiger partial charge in [0.2, 0.25) is 0 Å². The molecule has 18 heavy (non-hydrogen) atoms. The van der Waals surface area contributed by atoms with Crippen LogP contribution in [0.25, 0.3) is 0 Å². The molecule has 0 aliphatic carbocycles. The fourth-order valence-corrected chi connectivity index (χ4v) is 2.27. The van der Waals surface area contributed by atoms with E-state index in [1.165, 1.54) is 11.6 Å². The van der Waals surface area contributed by atoms with E-state index >= 15 is 0 Å². The second-order valence-corrected chi connectivity index (χ2v) is 5.00. The van der Waals surface area contributed by atoms with E-state index in [0.717, 1.165) is 12.1 Å². The van der Waals surface area contributed by atoms with Crippen LogP contribution < -0.4 is 5.32 Å². The van der Waals surface area contributed by atoms with E-state index in [2.05, 4.69) is 40.3 Å². The maximum Gasteiger partial charge on any atom is 0.137 e. The van der Waals surface area contributed by atoms with Gasteiger partial charge in [0.15, 0.2) is 0 Å². The second-order valence-electron chi connectivity index (χ2n) is 4.14. The molecule has 1 N–H and O–H groups in total. The molecule has 0 aliphatic rings. The molecule has 3 heteroatoms. The number of benzene rings is 2. The predicted octanol–water partition coefficient (Wildman–Crippen LogP) is 5.15. The third kappa shape index (κ3) is 3.10. The summed E-state index contributed by atoms with van der Waals surface area (Å²) in [5.41, 5.74) is 2.15. The highest BCUT2D eigenvalue weighted by Gasteiger charge is 2.09. The molecule has 94 valence electrons. The van der Waals surface area contributed by atoms with Crippen LogP contribution in [0.1, 0.15) is 24.9 Å². The first kappa shape index (κ1) is 13.1. The van der Waals surface area contributed by atoms with Crippen molar-refractivity contribution in [2.24, 2.45) is 0 Å². The minimum absolute atomic E-state index is 0.239. The summed E-state index contributed by atoms with van der Waals surface area (Å²) < 4.78 is 13.6. The van der Waals surface area contributed by atoms with Crippen molar-refractivity contribution in [1.29, 1.82) is 0 Å². The van der Waals surface area contributed by atoms with E-state index in [1.807, 2.05) is 18.2 Å². The Bertz CT molecular complexity index is 513. The van der Waals surface area contributed by atoms with Crippen molar-refractivity contribution in [3.8, 4) is 0 Å². The molecule has 0 aromatic heterocycles. The maximum atomic E-state index is 13.2. The zero-order valence-corrected chi connectivity index (χ0v) is 11.7. The van der Waals surface area contributed by atoms with E-state index < -0.39 is 0 Å². The standard InChI is InChI=1S/C15H15BrFN/c1-2-15(11-6-4-3-5-7-11)18-12-8-9-14(17)13(16)10-12/h3-10,15,18H,2H2,1H3. The Morgan fingerprint density at radius 3 is 2.50 bits per heavy atom. The van der Waals surface area contributed by atoms with Gasteiger partial charge in [-0.15, -0.1) is 0 Å². The highest BCUT2D eigenvalue weighted by Crippen LogP contribution is 2.25. The molecule has 2 aromatic rings. The lowest BCUT2D eigenvalue weighted by Crippen LogP contribution is -2.09. The average Bonchev–Trinajstić information content (AvgIpc) is 2.41. The van der Waals surface area contributed by atoms with Gasteiger partial charge in [0.1, 0.15) is 5.82 Å². The molecule has 2 aromatic carbocycles. The summed E-state index contributed by atoms with van der Waals surface area (Å²) in [4.78, 5) is 0. The molecule has 0 saturated heterocycles. The van der Waals surface area contributed by atoms with Gasteiger partial charge >= 0.3 is 0 Å². The molecular formula is C15H15BrFN. The Labute approximate surface area is 115 Å². The van der Waals surface area contributed by atoms with Crippen molar-refractivity contribution in [1.82, 2.24) is 0 Å². The van der Waals surface area contributed by atoms with Gasteiger partial charge in [-0.2, -0.15) is 0 Å². The molecule has 0 spiro atoms. The molecule has 2 rings (SSSR count). The van der Waals surface area contributed by atoms with E-state index in [9.17, 15) is 4.39 Å². The molecule has 0 amide bonds. The van der Waals surface area contributed by atoms with Gasteiger partial charge in [-0.25, -0.2) is 4.39 Å². The van der Waals surface area contributed by atoms with Crippen LogP contribution in [0.2, 0.25) is 0 Å². The lowest BCUT2D eigenvalue weighted by Gasteiger charge is -2.19. The summed E-state index contributed by atoms with van der Waals surface area (Å²) in [5.74, 6) is -0.242. The number of hydrogen-bond acceptors (Lipinski definition) is 1. The molecule has 0 saturated carbocycles. The van der Waals surface area contributed by atoms with Crippen molar-refractivity contribution < 1.29 is 4.39 Å². The molecule has 1 unspecified atom stereocenters. The van der Waals surface area contributed by atoms with Gasteiger partial charge in [-0.1, -0.05) is 37.3 Å². The van der Waals surface area contributed by atoms with Crippen molar-refractivity contribution in [3.05, 3.63) is 64.4 Å². The van der Waals surface area contributed by atoms with Gasteiger partial charge in [0, 0.05) is 5.69 Å². The smallest absolute Gasteiger partial charge is 0.137 e. The van der Waals surface area contributed by atoms with Crippen LogP contribution in [0, 0.1) is 5.82 Å². The number of hydrogen-bond donors (Lipinski definition) is 1. The van der Waals surface area contributed by atoms with Gasteiger partial charge in [0.05, 0.1) is 10.5 Å². The van der Waals surface area contributed by atoms with E-state index in [4.69, 9.17) is 0 Å². The average molecular weight is 308 g/mol. The van der Waals surface area contributed by atoms with Gasteiger partial charge in [-0.05, 0) is 46.1 Å². The Morgan fingerprint density at radius 1 is 1.17 bits per heavy atom. The van der Waals surface area contributed by atoms with Crippen molar-refractivity contribution >= 4 is 21.6 Å². The molecular weight excluding hydrogens is 293 g/mol. The number of nitrogens with one attached hydrogen (secondary N) is 1. The molecule has 0 heterocycles. The third-order valence-corrected chi connectivity index (χ3v) is 3.48. The van der Waals surface area contributed by atoms with Crippen molar-refractivity contribution in [2.45, 2.75) is 19.4 Å². The monoisotopic (exact) mass is 307 g/mol. The fraction of sp³-hybridized carbons (Fsp3) is 0.200. The molecule has 0 radical (unpaired) electrons. The Balaban J connectivity index is 2.18. The summed E-state index contributed by atoms with van der Waals surface area (Å²) >= 11 is 3.20. The quantitative estimate of drug-likeness (QED) is 0.823. The number of halogens is 2. The van der Waals surface area contributed by atoms with Gasteiger partial charge < -0.3 is 5.32 Å².